The van der Waals surface area contributed by atoms with Gasteiger partial charge in [-0.2, -0.15) is 0 Å². The van der Waals surface area contributed by atoms with Crippen LogP contribution in [0.2, 0.25) is 0 Å². The van der Waals surface area contributed by atoms with E-state index < -0.39 is 30.4 Å². The number of aliphatic carboxylic acids is 2. The molecule has 0 saturated carbocycles. The highest BCUT2D eigenvalue weighted by Crippen LogP contribution is 1.93. The quantitative estimate of drug-likeness (QED) is 0.286. The predicted octanol–water partition coefficient (Wildman–Crippen LogP) is -0.703. The van der Waals surface area contributed by atoms with Gasteiger partial charge in [0.15, 0.2) is 0 Å². The summed E-state index contributed by atoms with van der Waals surface area (Å²) in [5, 5.41) is 19.6. The highest BCUT2D eigenvalue weighted by molar-refractivity contribution is 5.79. The Morgan fingerprint density at radius 3 is 2.22 bits per heavy atom. The van der Waals surface area contributed by atoms with E-state index in [1.807, 2.05) is 0 Å². The number of carbonyl (C=O) groups is 4. The Morgan fingerprint density at radius 1 is 1.22 bits per heavy atom. The second kappa shape index (κ2) is 14.9. The molecule has 0 bridgehead atoms. The second-order valence-electron chi connectivity index (χ2n) is 4.87. The summed E-state index contributed by atoms with van der Waals surface area (Å²) in [6.07, 6.45) is 2.39. The molecule has 0 aromatic rings. The summed E-state index contributed by atoms with van der Waals surface area (Å²) in [5.74, 6) is -2.67. The third-order valence-electron chi connectivity index (χ3n) is 2.39. The van der Waals surface area contributed by atoms with Crippen molar-refractivity contribution in [3.05, 3.63) is 0 Å². The lowest BCUT2D eigenvalue weighted by Crippen LogP contribution is -2.41. The summed E-state index contributed by atoms with van der Waals surface area (Å²) >= 11 is 0. The first-order chi connectivity index (χ1) is 10.8. The Hall–Kier alpha value is -2.00. The van der Waals surface area contributed by atoms with Crippen LogP contribution in [0.5, 0.6) is 0 Å². The van der Waals surface area contributed by atoms with Gasteiger partial charge in [0.1, 0.15) is 12.3 Å². The molecule has 1 unspecified atom stereocenters. The first kappa shape index (κ1) is 23.3. The summed E-state index contributed by atoms with van der Waals surface area (Å²) in [4.78, 5) is 43.9. The number of nitrogens with two attached hydrogens (primary N) is 1. The number of rotatable bonds is 11. The van der Waals surface area contributed by atoms with Crippen LogP contribution in [0.4, 0.5) is 0 Å². The van der Waals surface area contributed by atoms with Crippen LogP contribution in [0.3, 0.4) is 0 Å². The van der Waals surface area contributed by atoms with Crippen molar-refractivity contribution >= 4 is 24.1 Å². The highest BCUT2D eigenvalue weighted by Gasteiger charge is 2.14. The molecule has 0 rings (SSSR count). The van der Waals surface area contributed by atoms with Crippen molar-refractivity contribution in [1.82, 2.24) is 10.2 Å². The zero-order chi connectivity index (χ0) is 18.3. The van der Waals surface area contributed by atoms with Crippen molar-refractivity contribution in [3.8, 4) is 0 Å². The van der Waals surface area contributed by atoms with Crippen LogP contribution in [0.25, 0.3) is 0 Å². The monoisotopic (exact) mass is 333 g/mol. The smallest absolute Gasteiger partial charge is 0.320 e. The van der Waals surface area contributed by atoms with E-state index in [1.54, 1.807) is 0 Å². The maximum atomic E-state index is 11.5. The van der Waals surface area contributed by atoms with E-state index in [9.17, 15) is 19.2 Å². The normalized spacial score (nSPS) is 11.1. The second-order valence-corrected chi connectivity index (χ2v) is 4.87. The summed E-state index contributed by atoms with van der Waals surface area (Å²) in [6.45, 7) is 3.72. The third kappa shape index (κ3) is 16.2. The number of carboxylic acid groups (broad SMARTS) is 2. The van der Waals surface area contributed by atoms with Crippen LogP contribution in [0.15, 0.2) is 0 Å². The number of aldehydes is 1. The van der Waals surface area contributed by atoms with E-state index in [0.717, 1.165) is 0 Å². The van der Waals surface area contributed by atoms with Crippen LogP contribution in [0.1, 0.15) is 33.1 Å². The number of hydrogen-bond donors (Lipinski definition) is 4. The van der Waals surface area contributed by atoms with Crippen molar-refractivity contribution < 1.29 is 29.4 Å². The molecule has 9 nitrogen and oxygen atoms in total. The number of nitrogens with one attached hydrogen (secondary N) is 1. The predicted molar refractivity (Wildman–Crippen MR) is 84.0 cm³/mol. The molecule has 0 fully saturated rings. The molecular weight excluding hydrogens is 306 g/mol. The molecular formula is C14H27N3O6. The van der Waals surface area contributed by atoms with Crippen LogP contribution < -0.4 is 11.1 Å². The average Bonchev–Trinajstić information content (AvgIpc) is 2.43. The van der Waals surface area contributed by atoms with Crippen molar-refractivity contribution in [2.45, 2.75) is 39.2 Å². The van der Waals surface area contributed by atoms with Crippen LogP contribution in [-0.4, -0.2) is 71.5 Å². The maximum absolute atomic E-state index is 11.5. The number of amides is 1. The van der Waals surface area contributed by atoms with Gasteiger partial charge in [0, 0.05) is 6.54 Å². The van der Waals surface area contributed by atoms with Gasteiger partial charge < -0.3 is 26.1 Å². The molecule has 0 aliphatic rings. The van der Waals surface area contributed by atoms with E-state index in [1.165, 1.54) is 11.3 Å². The largest absolute Gasteiger partial charge is 0.480 e. The van der Waals surface area contributed by atoms with Gasteiger partial charge >= 0.3 is 11.9 Å². The number of hydrogen-bond acceptors (Lipinski definition) is 6. The van der Waals surface area contributed by atoms with Gasteiger partial charge in [0.05, 0.1) is 19.6 Å². The number of carbonyl (C=O) groups excluding carboxylic acids is 2. The van der Waals surface area contributed by atoms with E-state index in [-0.39, 0.29) is 26.1 Å². The fraction of sp³-hybridized carbons (Fsp3) is 0.714. The summed E-state index contributed by atoms with van der Waals surface area (Å²) in [7, 11) is 0. The molecule has 23 heavy (non-hydrogen) atoms. The molecule has 0 spiro atoms. The minimum Gasteiger partial charge on any atom is -0.480 e. The molecule has 0 aromatic carbocycles. The average molecular weight is 333 g/mol. The topological polar surface area (TPSA) is 150 Å². The lowest BCUT2D eigenvalue weighted by Gasteiger charge is -2.16. The molecule has 9 heteroatoms. The molecule has 0 heterocycles. The molecule has 0 aromatic heterocycles. The van der Waals surface area contributed by atoms with Crippen molar-refractivity contribution in [2.24, 2.45) is 5.73 Å². The van der Waals surface area contributed by atoms with Gasteiger partial charge in [-0.25, -0.2) is 0 Å². The first-order valence-corrected chi connectivity index (χ1v) is 7.41. The summed E-state index contributed by atoms with van der Waals surface area (Å²) < 4.78 is 0. The van der Waals surface area contributed by atoms with E-state index in [2.05, 4.69) is 19.2 Å². The minimum atomic E-state index is -1.13. The molecule has 1 atom stereocenters. The van der Waals surface area contributed by atoms with Crippen molar-refractivity contribution in [3.63, 3.8) is 0 Å². The Bertz CT molecular complexity index is 376. The Balaban J connectivity index is 0. The van der Waals surface area contributed by atoms with E-state index in [4.69, 9.17) is 15.9 Å². The molecule has 134 valence electrons. The zero-order valence-corrected chi connectivity index (χ0v) is 13.7. The summed E-state index contributed by atoms with van der Waals surface area (Å²) in [6, 6.07) is -0.967. The van der Waals surface area contributed by atoms with Gasteiger partial charge in [0.2, 0.25) is 5.91 Å². The fourth-order valence-electron chi connectivity index (χ4n) is 1.41. The molecule has 0 saturated heterocycles. The molecule has 1 amide bonds. The molecule has 0 aliphatic heterocycles. The van der Waals surface area contributed by atoms with Gasteiger partial charge in [-0.05, 0) is 12.8 Å². The minimum absolute atomic E-state index is 0.149. The Labute approximate surface area is 135 Å². The fourth-order valence-corrected chi connectivity index (χ4v) is 1.41. The van der Waals surface area contributed by atoms with Crippen LogP contribution in [0, 0.1) is 0 Å². The van der Waals surface area contributed by atoms with Gasteiger partial charge in [-0.3, -0.25) is 19.3 Å². The van der Waals surface area contributed by atoms with E-state index >= 15 is 0 Å². The zero-order valence-electron chi connectivity index (χ0n) is 13.7. The molecule has 0 radical (unpaired) electrons. The van der Waals surface area contributed by atoms with Crippen molar-refractivity contribution in [1.29, 1.82) is 0 Å². The summed E-state index contributed by atoms with van der Waals surface area (Å²) in [5.41, 5.74) is 5.28. The number of carboxylic acids is 2. The molecule has 0 aliphatic carbocycles. The van der Waals surface area contributed by atoms with Crippen LogP contribution in [-0.2, 0) is 19.2 Å². The lowest BCUT2D eigenvalue weighted by molar-refractivity contribution is -0.139. The Morgan fingerprint density at radius 2 is 1.78 bits per heavy atom. The highest BCUT2D eigenvalue weighted by atomic mass is 16.4. The first-order valence-electron chi connectivity index (χ1n) is 7.41. The Kier molecular flexibility index (Phi) is 15.1. The van der Waals surface area contributed by atoms with E-state index in [0.29, 0.717) is 12.7 Å². The SMILES string of the molecule is CCC.NC(CCCNC(=O)CN(CC=O)CC(=O)O)C(=O)O. The van der Waals surface area contributed by atoms with Crippen molar-refractivity contribution in [2.75, 3.05) is 26.2 Å². The molecule has 5 N–H and O–H groups in total. The lowest BCUT2D eigenvalue weighted by atomic mass is 10.2. The van der Waals surface area contributed by atoms with Gasteiger partial charge in [0.25, 0.3) is 0 Å². The van der Waals surface area contributed by atoms with Crippen LogP contribution >= 0.6 is 0 Å². The van der Waals surface area contributed by atoms with Gasteiger partial charge in [-0.1, -0.05) is 20.3 Å². The third-order valence-corrected chi connectivity index (χ3v) is 2.39. The van der Waals surface area contributed by atoms with Gasteiger partial charge in [-0.15, -0.1) is 0 Å². The standard InChI is InChI=1S/C11H19N3O6.C3H8/c12-8(11(19)20)2-1-3-13-9(16)6-14(4-5-15)7-10(17)18;1-3-2/h5,8H,1-4,6-7,12H2,(H,13,16)(H,17,18)(H,19,20);3H2,1-2H3. The maximum Gasteiger partial charge on any atom is 0.320 e. The number of nitrogens with zero attached hydrogens (tertiary/aromatic N) is 1.